The van der Waals surface area contributed by atoms with Gasteiger partial charge in [0.25, 0.3) is 5.91 Å². The maximum absolute atomic E-state index is 13.1. The molecule has 0 aliphatic heterocycles. The zero-order valence-corrected chi connectivity index (χ0v) is 11.8. The highest BCUT2D eigenvalue weighted by atomic mass is 32.1. The fourth-order valence-electron chi connectivity index (χ4n) is 1.73. The van der Waals surface area contributed by atoms with Gasteiger partial charge in [-0.05, 0) is 30.7 Å². The first-order valence-corrected chi connectivity index (χ1v) is 6.90. The number of carbonyl (C=O) groups is 2. The summed E-state index contributed by atoms with van der Waals surface area (Å²) in [5.74, 6) is -2.97. The van der Waals surface area contributed by atoms with Gasteiger partial charge in [-0.2, -0.15) is 0 Å². The van der Waals surface area contributed by atoms with Crippen molar-refractivity contribution in [3.63, 3.8) is 0 Å². The highest BCUT2D eigenvalue weighted by Gasteiger charge is 2.19. The van der Waals surface area contributed by atoms with E-state index in [0.29, 0.717) is 6.42 Å². The fourth-order valence-corrected chi connectivity index (χ4v) is 2.71. The van der Waals surface area contributed by atoms with E-state index in [1.807, 2.05) is 6.92 Å². The van der Waals surface area contributed by atoms with E-state index in [9.17, 15) is 19.1 Å². The van der Waals surface area contributed by atoms with Gasteiger partial charge in [0.1, 0.15) is 16.6 Å². The molecule has 0 saturated carbocycles. The molecular formula is C14H12FNO4S. The SMILES string of the molecule is CCc1cc(C(=O)O)c(NC(=O)c2cc(F)ccc2O)s1. The number of hydrogen-bond donors (Lipinski definition) is 3. The lowest BCUT2D eigenvalue weighted by molar-refractivity contribution is 0.0698. The summed E-state index contributed by atoms with van der Waals surface area (Å²) in [4.78, 5) is 24.0. The summed E-state index contributed by atoms with van der Waals surface area (Å²) in [6, 6.07) is 4.46. The summed E-state index contributed by atoms with van der Waals surface area (Å²) in [6.07, 6.45) is 0.631. The Labute approximate surface area is 123 Å². The Bertz CT molecular complexity index is 711. The van der Waals surface area contributed by atoms with Gasteiger partial charge in [0.05, 0.1) is 11.1 Å². The summed E-state index contributed by atoms with van der Waals surface area (Å²) >= 11 is 1.13. The highest BCUT2D eigenvalue weighted by Crippen LogP contribution is 2.30. The van der Waals surface area contributed by atoms with Gasteiger partial charge in [0.15, 0.2) is 0 Å². The molecule has 21 heavy (non-hydrogen) atoms. The Kier molecular flexibility index (Phi) is 4.23. The lowest BCUT2D eigenvalue weighted by Gasteiger charge is -2.06. The molecule has 0 bridgehead atoms. The van der Waals surface area contributed by atoms with Crippen LogP contribution in [0.2, 0.25) is 0 Å². The van der Waals surface area contributed by atoms with Crippen molar-refractivity contribution in [3.05, 3.63) is 46.1 Å². The Balaban J connectivity index is 2.33. The van der Waals surface area contributed by atoms with Gasteiger partial charge in [0, 0.05) is 4.88 Å². The van der Waals surface area contributed by atoms with Crippen LogP contribution in [0.3, 0.4) is 0 Å². The van der Waals surface area contributed by atoms with E-state index >= 15 is 0 Å². The average molecular weight is 309 g/mol. The number of hydrogen-bond acceptors (Lipinski definition) is 4. The van der Waals surface area contributed by atoms with Crippen molar-refractivity contribution >= 4 is 28.2 Å². The van der Waals surface area contributed by atoms with Crippen LogP contribution in [-0.4, -0.2) is 22.1 Å². The van der Waals surface area contributed by atoms with Crippen molar-refractivity contribution in [1.29, 1.82) is 0 Å². The van der Waals surface area contributed by atoms with Gasteiger partial charge >= 0.3 is 5.97 Å². The first kappa shape index (κ1) is 15.0. The smallest absolute Gasteiger partial charge is 0.338 e. The third-order valence-corrected chi connectivity index (χ3v) is 3.99. The molecule has 3 N–H and O–H groups in total. The van der Waals surface area contributed by atoms with Crippen LogP contribution in [0.5, 0.6) is 5.75 Å². The first-order chi connectivity index (χ1) is 9.92. The number of carboxylic acid groups (broad SMARTS) is 1. The number of carboxylic acids is 1. The van der Waals surface area contributed by atoms with Crippen LogP contribution < -0.4 is 5.32 Å². The van der Waals surface area contributed by atoms with E-state index in [1.54, 1.807) is 0 Å². The standard InChI is InChI=1S/C14H12FNO4S/c1-2-8-6-10(14(19)20)13(21-8)16-12(18)9-5-7(15)3-4-11(9)17/h3-6,17H,2H2,1H3,(H,16,18)(H,19,20). The molecule has 1 heterocycles. The quantitative estimate of drug-likeness (QED) is 0.810. The molecule has 1 aromatic heterocycles. The predicted octanol–water partition coefficient (Wildman–Crippen LogP) is 3.11. The van der Waals surface area contributed by atoms with Crippen molar-refractivity contribution in [2.45, 2.75) is 13.3 Å². The second-order valence-corrected chi connectivity index (χ2v) is 5.37. The monoisotopic (exact) mass is 309 g/mol. The molecule has 1 aromatic carbocycles. The third-order valence-electron chi connectivity index (χ3n) is 2.79. The van der Waals surface area contributed by atoms with Crippen molar-refractivity contribution in [3.8, 4) is 5.75 Å². The van der Waals surface area contributed by atoms with Crippen LogP contribution in [0.4, 0.5) is 9.39 Å². The Morgan fingerprint density at radius 2 is 2.00 bits per heavy atom. The molecule has 0 radical (unpaired) electrons. The molecule has 0 fully saturated rings. The lowest BCUT2D eigenvalue weighted by Crippen LogP contribution is -2.13. The second kappa shape index (κ2) is 5.92. The van der Waals surface area contributed by atoms with E-state index in [1.165, 1.54) is 6.07 Å². The minimum absolute atomic E-state index is 0.0268. The molecule has 2 aromatic rings. The van der Waals surface area contributed by atoms with Gasteiger partial charge < -0.3 is 15.5 Å². The summed E-state index contributed by atoms with van der Waals surface area (Å²) in [5.41, 5.74) is -0.279. The molecule has 0 aliphatic rings. The molecule has 0 aliphatic carbocycles. The molecule has 110 valence electrons. The number of benzene rings is 1. The van der Waals surface area contributed by atoms with Crippen LogP contribution in [-0.2, 0) is 6.42 Å². The van der Waals surface area contributed by atoms with E-state index in [4.69, 9.17) is 5.11 Å². The Hall–Kier alpha value is -2.41. The number of nitrogens with one attached hydrogen (secondary N) is 1. The molecule has 2 rings (SSSR count). The number of carbonyl (C=O) groups excluding carboxylic acids is 1. The Morgan fingerprint density at radius 3 is 2.62 bits per heavy atom. The molecular weight excluding hydrogens is 297 g/mol. The molecule has 0 unspecified atom stereocenters. The fraction of sp³-hybridized carbons (Fsp3) is 0.143. The molecule has 0 spiro atoms. The summed E-state index contributed by atoms with van der Waals surface area (Å²) in [5, 5.41) is 21.2. The van der Waals surface area contributed by atoms with Crippen molar-refractivity contribution in [2.75, 3.05) is 5.32 Å². The number of anilines is 1. The third kappa shape index (κ3) is 3.19. The van der Waals surface area contributed by atoms with Gasteiger partial charge in [-0.1, -0.05) is 6.92 Å². The van der Waals surface area contributed by atoms with Gasteiger partial charge in [-0.3, -0.25) is 4.79 Å². The molecule has 7 heteroatoms. The zero-order chi connectivity index (χ0) is 15.6. The number of phenols is 1. The summed E-state index contributed by atoms with van der Waals surface area (Å²) in [6.45, 7) is 1.86. The van der Waals surface area contributed by atoms with Crippen LogP contribution >= 0.6 is 11.3 Å². The van der Waals surface area contributed by atoms with Crippen LogP contribution in [0.1, 0.15) is 32.5 Å². The lowest BCUT2D eigenvalue weighted by atomic mass is 10.2. The predicted molar refractivity (Wildman–Crippen MR) is 76.7 cm³/mol. The number of halogens is 1. The van der Waals surface area contributed by atoms with E-state index < -0.39 is 17.7 Å². The van der Waals surface area contributed by atoms with Gasteiger partial charge in [0.2, 0.25) is 0 Å². The number of amides is 1. The maximum Gasteiger partial charge on any atom is 0.338 e. The number of rotatable bonds is 4. The van der Waals surface area contributed by atoms with Crippen LogP contribution in [0.15, 0.2) is 24.3 Å². The Morgan fingerprint density at radius 1 is 1.29 bits per heavy atom. The van der Waals surface area contributed by atoms with Crippen molar-refractivity contribution in [1.82, 2.24) is 0 Å². The molecule has 1 amide bonds. The van der Waals surface area contributed by atoms with Crippen LogP contribution in [0.25, 0.3) is 0 Å². The first-order valence-electron chi connectivity index (χ1n) is 6.08. The summed E-state index contributed by atoms with van der Waals surface area (Å²) < 4.78 is 13.1. The number of phenolic OH excluding ortho intramolecular Hbond substituents is 1. The van der Waals surface area contributed by atoms with E-state index in [2.05, 4.69) is 5.32 Å². The largest absolute Gasteiger partial charge is 0.507 e. The van der Waals surface area contributed by atoms with Crippen molar-refractivity contribution in [2.24, 2.45) is 0 Å². The maximum atomic E-state index is 13.1. The van der Waals surface area contributed by atoms with Gasteiger partial charge in [-0.15, -0.1) is 11.3 Å². The number of aromatic carboxylic acids is 1. The average Bonchev–Trinajstić information content (AvgIpc) is 2.84. The van der Waals surface area contributed by atoms with Crippen LogP contribution in [0, 0.1) is 5.82 Å². The minimum Gasteiger partial charge on any atom is -0.507 e. The highest BCUT2D eigenvalue weighted by molar-refractivity contribution is 7.16. The summed E-state index contributed by atoms with van der Waals surface area (Å²) in [7, 11) is 0. The van der Waals surface area contributed by atoms with E-state index in [-0.39, 0.29) is 21.9 Å². The normalized spacial score (nSPS) is 10.4. The second-order valence-electron chi connectivity index (χ2n) is 4.23. The number of aromatic hydroxyl groups is 1. The number of aryl methyl sites for hydroxylation is 1. The molecule has 5 nitrogen and oxygen atoms in total. The topological polar surface area (TPSA) is 86.6 Å². The molecule has 0 saturated heterocycles. The van der Waals surface area contributed by atoms with Crippen molar-refractivity contribution < 1.29 is 24.2 Å². The minimum atomic E-state index is -1.16. The molecule has 0 atom stereocenters. The van der Waals surface area contributed by atoms with E-state index in [0.717, 1.165) is 34.4 Å². The number of thiophene rings is 1. The zero-order valence-electron chi connectivity index (χ0n) is 11.0. The van der Waals surface area contributed by atoms with Gasteiger partial charge in [-0.25, -0.2) is 9.18 Å².